The van der Waals surface area contributed by atoms with Crippen molar-refractivity contribution in [1.82, 2.24) is 9.97 Å². The molecule has 0 saturated carbocycles. The van der Waals surface area contributed by atoms with Crippen LogP contribution in [0.1, 0.15) is 5.69 Å². The third-order valence-electron chi connectivity index (χ3n) is 2.23. The highest BCUT2D eigenvalue weighted by atomic mass is 35.5. The molecule has 0 aliphatic carbocycles. The number of hydrogen-bond acceptors (Lipinski definition) is 3. The molecule has 1 heterocycles. The Balaban J connectivity index is 2.41. The summed E-state index contributed by atoms with van der Waals surface area (Å²) >= 11 is 11.9. The molecule has 0 spiro atoms. The maximum absolute atomic E-state index is 5.94. The average Bonchev–Trinajstić information content (AvgIpc) is 2.28. The zero-order chi connectivity index (χ0) is 12.3. The first-order valence-electron chi connectivity index (χ1n) is 5.17. The molecular weight excluding hydrogens is 257 g/mol. The van der Waals surface area contributed by atoms with Crippen LogP contribution in [0.4, 0.5) is 0 Å². The summed E-state index contributed by atoms with van der Waals surface area (Å²) in [5.41, 5.74) is 7.21. The number of nitrogens with zero attached hydrogens (tertiary/aromatic N) is 2. The van der Waals surface area contributed by atoms with Crippen molar-refractivity contribution in [1.29, 1.82) is 0 Å². The fraction of sp³-hybridized carbons (Fsp3) is 0.167. The molecule has 0 radical (unpaired) electrons. The first kappa shape index (κ1) is 12.3. The van der Waals surface area contributed by atoms with Crippen molar-refractivity contribution in [2.75, 3.05) is 6.54 Å². The van der Waals surface area contributed by atoms with Gasteiger partial charge >= 0.3 is 0 Å². The van der Waals surface area contributed by atoms with Crippen LogP contribution in [-0.4, -0.2) is 16.5 Å². The minimum Gasteiger partial charge on any atom is -0.330 e. The van der Waals surface area contributed by atoms with Crippen LogP contribution in [0, 0.1) is 0 Å². The minimum atomic E-state index is 0.562. The van der Waals surface area contributed by atoms with Crippen LogP contribution in [0.25, 0.3) is 11.4 Å². The molecule has 0 unspecified atom stereocenters. The first-order valence-corrected chi connectivity index (χ1v) is 5.93. The highest BCUT2D eigenvalue weighted by Crippen LogP contribution is 2.24. The molecule has 0 saturated heterocycles. The highest BCUT2D eigenvalue weighted by Gasteiger charge is 2.05. The van der Waals surface area contributed by atoms with E-state index in [0.717, 1.165) is 17.7 Å². The molecule has 0 atom stereocenters. The zero-order valence-electron chi connectivity index (χ0n) is 9.03. The number of hydrogen-bond donors (Lipinski definition) is 1. The molecule has 2 N–H and O–H groups in total. The van der Waals surface area contributed by atoms with Crippen LogP contribution in [0.3, 0.4) is 0 Å². The Morgan fingerprint density at radius 1 is 1.12 bits per heavy atom. The monoisotopic (exact) mass is 267 g/mol. The molecule has 5 heteroatoms. The lowest BCUT2D eigenvalue weighted by atomic mass is 10.2. The van der Waals surface area contributed by atoms with Crippen molar-refractivity contribution in [3.05, 3.63) is 46.2 Å². The smallest absolute Gasteiger partial charge is 0.159 e. The summed E-state index contributed by atoms with van der Waals surface area (Å²) in [5, 5.41) is 1.14. The Labute approximate surface area is 110 Å². The van der Waals surface area contributed by atoms with Gasteiger partial charge in [-0.25, -0.2) is 9.97 Å². The van der Waals surface area contributed by atoms with E-state index in [9.17, 15) is 0 Å². The normalized spacial score (nSPS) is 10.5. The van der Waals surface area contributed by atoms with Gasteiger partial charge in [-0.1, -0.05) is 23.2 Å². The van der Waals surface area contributed by atoms with E-state index in [4.69, 9.17) is 28.9 Å². The summed E-state index contributed by atoms with van der Waals surface area (Å²) in [6.07, 6.45) is 2.44. The third kappa shape index (κ3) is 3.16. The van der Waals surface area contributed by atoms with Gasteiger partial charge in [0.2, 0.25) is 0 Å². The van der Waals surface area contributed by atoms with E-state index in [2.05, 4.69) is 9.97 Å². The average molecular weight is 268 g/mol. The van der Waals surface area contributed by atoms with Crippen LogP contribution in [0.5, 0.6) is 0 Å². The first-order chi connectivity index (χ1) is 8.19. The lowest BCUT2D eigenvalue weighted by Crippen LogP contribution is -2.05. The van der Waals surface area contributed by atoms with E-state index in [-0.39, 0.29) is 0 Å². The molecule has 1 aromatic heterocycles. The van der Waals surface area contributed by atoms with Gasteiger partial charge in [-0.15, -0.1) is 0 Å². The topological polar surface area (TPSA) is 51.8 Å². The summed E-state index contributed by atoms with van der Waals surface area (Å²) in [6, 6.07) is 7.10. The fourth-order valence-corrected chi connectivity index (χ4v) is 2.03. The zero-order valence-corrected chi connectivity index (χ0v) is 10.5. The molecule has 0 aliphatic heterocycles. The highest BCUT2D eigenvalue weighted by molar-refractivity contribution is 6.35. The van der Waals surface area contributed by atoms with Crippen molar-refractivity contribution in [2.24, 2.45) is 5.73 Å². The minimum absolute atomic E-state index is 0.562. The molecule has 2 aromatic rings. The van der Waals surface area contributed by atoms with Gasteiger partial charge in [0.15, 0.2) is 5.82 Å². The van der Waals surface area contributed by atoms with Gasteiger partial charge in [-0.2, -0.15) is 0 Å². The molecule has 3 nitrogen and oxygen atoms in total. The standard InChI is InChI=1S/C12H11Cl2N3/c13-9-5-8(6-10(14)7-9)12-16-4-2-11(17-12)1-3-15/h2,4-7H,1,3,15H2. The van der Waals surface area contributed by atoms with Gasteiger partial charge < -0.3 is 5.73 Å². The van der Waals surface area contributed by atoms with E-state index in [1.807, 2.05) is 6.07 Å². The van der Waals surface area contributed by atoms with Crippen molar-refractivity contribution < 1.29 is 0 Å². The maximum atomic E-state index is 5.94. The Kier molecular flexibility index (Phi) is 3.94. The lowest BCUT2D eigenvalue weighted by Gasteiger charge is -2.04. The molecule has 0 fully saturated rings. The molecule has 2 rings (SSSR count). The molecule has 0 amide bonds. The number of nitrogens with two attached hydrogens (primary N) is 1. The van der Waals surface area contributed by atoms with Crippen molar-refractivity contribution in [3.8, 4) is 11.4 Å². The Hall–Kier alpha value is -1.16. The number of rotatable bonds is 3. The maximum Gasteiger partial charge on any atom is 0.159 e. The van der Waals surface area contributed by atoms with Crippen LogP contribution >= 0.6 is 23.2 Å². The van der Waals surface area contributed by atoms with E-state index >= 15 is 0 Å². The summed E-state index contributed by atoms with van der Waals surface area (Å²) in [7, 11) is 0. The predicted molar refractivity (Wildman–Crippen MR) is 70.2 cm³/mol. The Morgan fingerprint density at radius 2 is 1.82 bits per heavy atom. The number of aromatic nitrogens is 2. The molecule has 1 aromatic carbocycles. The van der Waals surface area contributed by atoms with Gasteiger partial charge in [-0.3, -0.25) is 0 Å². The van der Waals surface area contributed by atoms with E-state index in [0.29, 0.717) is 22.4 Å². The van der Waals surface area contributed by atoms with E-state index < -0.39 is 0 Å². The van der Waals surface area contributed by atoms with E-state index in [1.165, 1.54) is 0 Å². The molecule has 88 valence electrons. The Bertz CT molecular complexity index is 509. The van der Waals surface area contributed by atoms with Crippen LogP contribution in [-0.2, 0) is 6.42 Å². The molecule has 0 bridgehead atoms. The van der Waals surface area contributed by atoms with E-state index in [1.54, 1.807) is 24.4 Å². The summed E-state index contributed by atoms with van der Waals surface area (Å²) < 4.78 is 0. The second-order valence-corrected chi connectivity index (χ2v) is 4.44. The van der Waals surface area contributed by atoms with Gasteiger partial charge in [0.1, 0.15) is 0 Å². The fourth-order valence-electron chi connectivity index (χ4n) is 1.51. The second-order valence-electron chi connectivity index (χ2n) is 3.57. The Morgan fingerprint density at radius 3 is 2.47 bits per heavy atom. The number of halogens is 2. The largest absolute Gasteiger partial charge is 0.330 e. The van der Waals surface area contributed by atoms with Crippen molar-refractivity contribution in [2.45, 2.75) is 6.42 Å². The van der Waals surface area contributed by atoms with Crippen molar-refractivity contribution >= 4 is 23.2 Å². The van der Waals surface area contributed by atoms with Gasteiger partial charge in [0.05, 0.1) is 0 Å². The number of benzene rings is 1. The van der Waals surface area contributed by atoms with Crippen LogP contribution in [0.2, 0.25) is 10.0 Å². The predicted octanol–water partition coefficient (Wildman–Crippen LogP) is 2.95. The third-order valence-corrected chi connectivity index (χ3v) is 2.67. The SMILES string of the molecule is NCCc1ccnc(-c2cc(Cl)cc(Cl)c2)n1. The van der Waals surface area contributed by atoms with Gasteiger partial charge in [0, 0.05) is 33.9 Å². The van der Waals surface area contributed by atoms with Gasteiger partial charge in [-0.05, 0) is 30.8 Å². The molecular formula is C12H11Cl2N3. The van der Waals surface area contributed by atoms with Gasteiger partial charge in [0.25, 0.3) is 0 Å². The summed E-state index contributed by atoms with van der Waals surface area (Å²) in [5.74, 6) is 0.611. The molecule has 17 heavy (non-hydrogen) atoms. The summed E-state index contributed by atoms with van der Waals surface area (Å²) in [6.45, 7) is 0.562. The van der Waals surface area contributed by atoms with Crippen molar-refractivity contribution in [3.63, 3.8) is 0 Å². The summed E-state index contributed by atoms with van der Waals surface area (Å²) in [4.78, 5) is 8.61. The quantitative estimate of drug-likeness (QED) is 0.931. The van der Waals surface area contributed by atoms with Crippen LogP contribution < -0.4 is 5.73 Å². The van der Waals surface area contributed by atoms with Crippen LogP contribution in [0.15, 0.2) is 30.5 Å². The lowest BCUT2D eigenvalue weighted by molar-refractivity contribution is 0.913. The molecule has 0 aliphatic rings. The second kappa shape index (κ2) is 5.45.